The molecule has 5 nitrogen and oxygen atoms in total. The maximum atomic E-state index is 10.8. The fraction of sp³-hybridized carbons (Fsp3) is 0.600. The van der Waals surface area contributed by atoms with Crippen molar-refractivity contribution >= 4 is 11.7 Å². The van der Waals surface area contributed by atoms with Crippen molar-refractivity contribution in [3.8, 4) is 0 Å². The number of hydrogen-bond donors (Lipinski definition) is 2. The fourth-order valence-electron chi connectivity index (χ4n) is 1.33. The molecule has 0 amide bonds. The smallest absolute Gasteiger partial charge is 0.308 e. The lowest BCUT2D eigenvalue weighted by atomic mass is 10.0. The van der Waals surface area contributed by atoms with Gasteiger partial charge < -0.3 is 10.4 Å². The molecule has 0 saturated carbocycles. The molecule has 1 heterocycles. The molecular weight excluding hydrogens is 194 g/mol. The minimum absolute atomic E-state index is 0.120. The van der Waals surface area contributed by atoms with Crippen LogP contribution in [0.15, 0.2) is 6.20 Å². The SMILES string of the molecule is Cc1nn(C)cc1NC(C)C(C)C(=O)O. The fourth-order valence-corrected chi connectivity index (χ4v) is 1.33. The maximum Gasteiger partial charge on any atom is 0.308 e. The summed E-state index contributed by atoms with van der Waals surface area (Å²) in [5, 5.41) is 16.2. The third kappa shape index (κ3) is 2.71. The van der Waals surface area contributed by atoms with Crippen LogP contribution in [0, 0.1) is 12.8 Å². The van der Waals surface area contributed by atoms with Gasteiger partial charge in [0.25, 0.3) is 0 Å². The molecule has 5 heteroatoms. The number of carboxylic acids is 1. The Morgan fingerprint density at radius 1 is 1.60 bits per heavy atom. The molecule has 1 aromatic heterocycles. The number of carboxylic acid groups (broad SMARTS) is 1. The lowest BCUT2D eigenvalue weighted by Crippen LogP contribution is -2.29. The number of nitrogens with zero attached hydrogens (tertiary/aromatic N) is 2. The van der Waals surface area contributed by atoms with Gasteiger partial charge in [0.05, 0.1) is 17.3 Å². The molecule has 0 aromatic carbocycles. The van der Waals surface area contributed by atoms with Crippen molar-refractivity contribution in [1.82, 2.24) is 9.78 Å². The topological polar surface area (TPSA) is 67.2 Å². The number of rotatable bonds is 4. The van der Waals surface area contributed by atoms with Crippen LogP contribution in [0.25, 0.3) is 0 Å². The predicted molar refractivity (Wildman–Crippen MR) is 57.8 cm³/mol. The first-order chi connectivity index (χ1) is 6.91. The molecule has 0 spiro atoms. The molecule has 0 bridgehead atoms. The molecule has 2 N–H and O–H groups in total. The zero-order chi connectivity index (χ0) is 11.6. The molecule has 0 saturated heterocycles. The van der Waals surface area contributed by atoms with Crippen LogP contribution in [0.1, 0.15) is 19.5 Å². The first-order valence-corrected chi connectivity index (χ1v) is 4.91. The van der Waals surface area contributed by atoms with Crippen LogP contribution in [0.4, 0.5) is 5.69 Å². The molecule has 2 atom stereocenters. The Bertz CT molecular complexity index is 360. The highest BCUT2D eigenvalue weighted by atomic mass is 16.4. The molecule has 0 aliphatic carbocycles. The number of anilines is 1. The van der Waals surface area contributed by atoms with Gasteiger partial charge in [-0.25, -0.2) is 0 Å². The lowest BCUT2D eigenvalue weighted by Gasteiger charge is -2.18. The van der Waals surface area contributed by atoms with Gasteiger partial charge in [0.15, 0.2) is 0 Å². The number of carbonyl (C=O) groups is 1. The minimum atomic E-state index is -0.795. The Balaban J connectivity index is 2.70. The van der Waals surface area contributed by atoms with Crippen molar-refractivity contribution in [2.24, 2.45) is 13.0 Å². The highest BCUT2D eigenvalue weighted by molar-refractivity contribution is 5.71. The van der Waals surface area contributed by atoms with E-state index in [1.165, 1.54) is 0 Å². The van der Waals surface area contributed by atoms with Gasteiger partial charge in [-0.2, -0.15) is 5.10 Å². The summed E-state index contributed by atoms with van der Waals surface area (Å²) in [7, 11) is 1.84. The number of aryl methyl sites for hydroxylation is 2. The van der Waals surface area contributed by atoms with Gasteiger partial charge in [-0.1, -0.05) is 0 Å². The summed E-state index contributed by atoms with van der Waals surface area (Å²) in [6, 6.07) is -0.120. The molecule has 1 aromatic rings. The number of aromatic nitrogens is 2. The van der Waals surface area contributed by atoms with Gasteiger partial charge in [0.2, 0.25) is 0 Å². The van der Waals surface area contributed by atoms with Gasteiger partial charge in [0, 0.05) is 19.3 Å². The molecule has 0 fully saturated rings. The standard InChI is InChI=1S/C10H17N3O2/c1-6(10(14)15)7(2)11-9-5-13(4)12-8(9)3/h5-7,11H,1-4H3,(H,14,15). The highest BCUT2D eigenvalue weighted by Crippen LogP contribution is 2.15. The highest BCUT2D eigenvalue weighted by Gasteiger charge is 2.20. The Kier molecular flexibility index (Phi) is 3.34. The molecule has 0 aliphatic rings. The largest absolute Gasteiger partial charge is 0.481 e. The third-order valence-electron chi connectivity index (χ3n) is 2.54. The number of aliphatic carboxylic acids is 1. The van der Waals surface area contributed by atoms with E-state index in [1.807, 2.05) is 27.1 Å². The Morgan fingerprint density at radius 3 is 2.60 bits per heavy atom. The zero-order valence-electron chi connectivity index (χ0n) is 9.48. The molecule has 84 valence electrons. The first-order valence-electron chi connectivity index (χ1n) is 4.91. The van der Waals surface area contributed by atoms with E-state index in [0.717, 1.165) is 11.4 Å². The van der Waals surface area contributed by atoms with Gasteiger partial charge in [-0.3, -0.25) is 9.48 Å². The van der Waals surface area contributed by atoms with E-state index in [2.05, 4.69) is 10.4 Å². The predicted octanol–water partition coefficient (Wildman–Crippen LogP) is 1.25. The second kappa shape index (κ2) is 4.33. The van der Waals surface area contributed by atoms with Crippen LogP contribution >= 0.6 is 0 Å². The number of hydrogen-bond acceptors (Lipinski definition) is 3. The van der Waals surface area contributed by atoms with E-state index in [0.29, 0.717) is 0 Å². The average molecular weight is 211 g/mol. The average Bonchev–Trinajstić information content (AvgIpc) is 2.43. The Labute approximate surface area is 89.1 Å². The van der Waals surface area contributed by atoms with Crippen molar-refractivity contribution in [3.63, 3.8) is 0 Å². The lowest BCUT2D eigenvalue weighted by molar-refractivity contribution is -0.141. The first kappa shape index (κ1) is 11.6. The van der Waals surface area contributed by atoms with Crippen LogP contribution in [0.5, 0.6) is 0 Å². The van der Waals surface area contributed by atoms with E-state index < -0.39 is 11.9 Å². The molecule has 0 aliphatic heterocycles. The van der Waals surface area contributed by atoms with Crippen molar-refractivity contribution in [2.45, 2.75) is 26.8 Å². The van der Waals surface area contributed by atoms with Crippen LogP contribution < -0.4 is 5.32 Å². The Morgan fingerprint density at radius 2 is 2.20 bits per heavy atom. The van der Waals surface area contributed by atoms with Gasteiger partial charge in [-0.15, -0.1) is 0 Å². The summed E-state index contributed by atoms with van der Waals surface area (Å²) in [6.07, 6.45) is 1.85. The van der Waals surface area contributed by atoms with Crippen LogP contribution in [0.2, 0.25) is 0 Å². The van der Waals surface area contributed by atoms with Gasteiger partial charge in [0.1, 0.15) is 0 Å². The zero-order valence-corrected chi connectivity index (χ0v) is 9.48. The molecule has 15 heavy (non-hydrogen) atoms. The van der Waals surface area contributed by atoms with Crippen molar-refractivity contribution in [3.05, 3.63) is 11.9 Å². The second-order valence-corrected chi connectivity index (χ2v) is 3.86. The van der Waals surface area contributed by atoms with Crippen molar-refractivity contribution in [1.29, 1.82) is 0 Å². The van der Waals surface area contributed by atoms with E-state index >= 15 is 0 Å². The van der Waals surface area contributed by atoms with E-state index in [4.69, 9.17) is 5.11 Å². The quantitative estimate of drug-likeness (QED) is 0.786. The normalized spacial score (nSPS) is 14.7. The summed E-state index contributed by atoms with van der Waals surface area (Å²) in [4.78, 5) is 10.8. The van der Waals surface area contributed by atoms with Gasteiger partial charge >= 0.3 is 5.97 Å². The molecule has 2 unspecified atom stereocenters. The summed E-state index contributed by atoms with van der Waals surface area (Å²) < 4.78 is 1.70. The van der Waals surface area contributed by atoms with E-state index in [9.17, 15) is 4.79 Å². The van der Waals surface area contributed by atoms with Crippen LogP contribution in [-0.4, -0.2) is 26.9 Å². The monoisotopic (exact) mass is 211 g/mol. The third-order valence-corrected chi connectivity index (χ3v) is 2.54. The second-order valence-electron chi connectivity index (χ2n) is 3.86. The van der Waals surface area contributed by atoms with Gasteiger partial charge in [-0.05, 0) is 20.8 Å². The summed E-state index contributed by atoms with van der Waals surface area (Å²) >= 11 is 0. The number of nitrogens with one attached hydrogen (secondary N) is 1. The van der Waals surface area contributed by atoms with Crippen molar-refractivity contribution < 1.29 is 9.90 Å². The van der Waals surface area contributed by atoms with E-state index in [1.54, 1.807) is 11.6 Å². The van der Waals surface area contributed by atoms with Crippen LogP contribution in [0.3, 0.4) is 0 Å². The van der Waals surface area contributed by atoms with Crippen LogP contribution in [-0.2, 0) is 11.8 Å². The summed E-state index contributed by atoms with van der Waals surface area (Å²) in [5.41, 5.74) is 1.76. The van der Waals surface area contributed by atoms with E-state index in [-0.39, 0.29) is 6.04 Å². The molecule has 1 rings (SSSR count). The summed E-state index contributed by atoms with van der Waals surface area (Å²) in [6.45, 7) is 5.43. The maximum absolute atomic E-state index is 10.8. The Hall–Kier alpha value is -1.52. The molecule has 0 radical (unpaired) electrons. The molecular formula is C10H17N3O2. The van der Waals surface area contributed by atoms with Crippen molar-refractivity contribution in [2.75, 3.05) is 5.32 Å². The summed E-state index contributed by atoms with van der Waals surface area (Å²) in [5.74, 6) is -1.22. The minimum Gasteiger partial charge on any atom is -0.481 e.